The molecule has 2 aromatic rings. The van der Waals surface area contributed by atoms with Gasteiger partial charge in [-0.15, -0.1) is 0 Å². The summed E-state index contributed by atoms with van der Waals surface area (Å²) in [6, 6.07) is 8.76. The highest BCUT2D eigenvalue weighted by molar-refractivity contribution is 9.10. The fourth-order valence-corrected chi connectivity index (χ4v) is 4.07. The number of carbonyl (C=O) groups is 1. The van der Waals surface area contributed by atoms with Gasteiger partial charge < -0.3 is 18.9 Å². The van der Waals surface area contributed by atoms with E-state index in [2.05, 4.69) is 26.5 Å². The third kappa shape index (κ3) is 6.83. The fraction of sp³-hybridized carbons (Fsp3) is 0.364. The van der Waals surface area contributed by atoms with Crippen LogP contribution in [-0.4, -0.2) is 38.2 Å². The van der Waals surface area contributed by atoms with E-state index in [-0.39, 0.29) is 18.9 Å². The third-order valence-electron chi connectivity index (χ3n) is 4.63. The van der Waals surface area contributed by atoms with Gasteiger partial charge in [0, 0.05) is 15.6 Å². The minimum absolute atomic E-state index is 0.0530. The van der Waals surface area contributed by atoms with E-state index in [0.717, 1.165) is 12.0 Å². The number of nitrogens with zero attached hydrogens (tertiary/aromatic N) is 1. The molecule has 1 amide bonds. The second-order valence-corrected chi connectivity index (χ2v) is 8.91. The Morgan fingerprint density at radius 2 is 2.03 bits per heavy atom. The number of methoxy groups -OCH3 is 1. The Morgan fingerprint density at radius 3 is 2.72 bits per heavy atom. The summed E-state index contributed by atoms with van der Waals surface area (Å²) in [4.78, 5) is 12.2. The van der Waals surface area contributed by atoms with E-state index in [9.17, 15) is 4.79 Å². The van der Waals surface area contributed by atoms with Gasteiger partial charge in [-0.3, -0.25) is 4.79 Å². The van der Waals surface area contributed by atoms with Gasteiger partial charge in [0.2, 0.25) is 5.91 Å². The lowest BCUT2D eigenvalue weighted by Gasteiger charge is -2.33. The van der Waals surface area contributed by atoms with E-state index < -0.39 is 5.79 Å². The highest BCUT2D eigenvalue weighted by Gasteiger charge is 2.31. The first-order valence-corrected chi connectivity index (χ1v) is 11.4. The largest absolute Gasteiger partial charge is 0.493 e. The van der Waals surface area contributed by atoms with E-state index in [1.807, 2.05) is 0 Å². The molecule has 0 radical (unpaired) electrons. The van der Waals surface area contributed by atoms with Gasteiger partial charge in [0.25, 0.3) is 0 Å². The predicted molar refractivity (Wildman–Crippen MR) is 127 cm³/mol. The second kappa shape index (κ2) is 11.3. The molecule has 0 spiro atoms. The first-order valence-electron chi connectivity index (χ1n) is 9.84. The number of hydrazone groups is 1. The van der Waals surface area contributed by atoms with Crippen molar-refractivity contribution in [2.24, 2.45) is 5.10 Å². The summed E-state index contributed by atoms with van der Waals surface area (Å²) in [5.41, 5.74) is 3.98. The van der Waals surface area contributed by atoms with Gasteiger partial charge in [0.1, 0.15) is 6.61 Å². The van der Waals surface area contributed by atoms with Crippen molar-refractivity contribution < 1.29 is 23.7 Å². The van der Waals surface area contributed by atoms with Crippen LogP contribution in [0.15, 0.2) is 39.9 Å². The number of rotatable bonds is 8. The molecule has 0 aromatic heterocycles. The number of ether oxygens (including phenoxy) is 4. The molecule has 32 heavy (non-hydrogen) atoms. The Balaban J connectivity index is 1.63. The van der Waals surface area contributed by atoms with Crippen LogP contribution in [0.25, 0.3) is 0 Å². The van der Waals surface area contributed by atoms with E-state index >= 15 is 0 Å². The molecule has 2 aromatic carbocycles. The molecule has 1 heterocycles. The average Bonchev–Trinajstić information content (AvgIpc) is 2.74. The number of hydrogen-bond donors (Lipinski definition) is 1. The van der Waals surface area contributed by atoms with Crippen molar-refractivity contribution in [2.75, 3.05) is 20.3 Å². The molecular weight excluding hydrogens is 523 g/mol. The van der Waals surface area contributed by atoms with Gasteiger partial charge >= 0.3 is 0 Å². The molecule has 0 saturated carbocycles. The smallest absolute Gasteiger partial charge is 0.245 e. The Kier molecular flexibility index (Phi) is 8.79. The number of benzene rings is 2. The van der Waals surface area contributed by atoms with Gasteiger partial charge in [-0.05, 0) is 59.1 Å². The second-order valence-electron chi connectivity index (χ2n) is 7.21. The average molecular weight is 546 g/mol. The van der Waals surface area contributed by atoms with Crippen molar-refractivity contribution in [3.63, 3.8) is 0 Å². The van der Waals surface area contributed by atoms with Gasteiger partial charge in [0.05, 0.1) is 37.4 Å². The van der Waals surface area contributed by atoms with Crippen molar-refractivity contribution in [1.29, 1.82) is 0 Å². The van der Waals surface area contributed by atoms with Crippen molar-refractivity contribution >= 4 is 51.3 Å². The molecule has 1 saturated heterocycles. The summed E-state index contributed by atoms with van der Waals surface area (Å²) in [6.07, 6.45) is 2.38. The van der Waals surface area contributed by atoms with Crippen molar-refractivity contribution in [1.82, 2.24) is 5.43 Å². The minimum Gasteiger partial charge on any atom is -0.493 e. The fourth-order valence-electron chi connectivity index (χ4n) is 3.03. The Labute approximate surface area is 205 Å². The molecule has 3 rings (SSSR count). The zero-order chi connectivity index (χ0) is 23.1. The van der Waals surface area contributed by atoms with Crippen molar-refractivity contribution in [3.05, 3.63) is 56.0 Å². The monoisotopic (exact) mass is 544 g/mol. The van der Waals surface area contributed by atoms with Crippen LogP contribution >= 0.6 is 39.1 Å². The Morgan fingerprint density at radius 1 is 1.28 bits per heavy atom. The predicted octanol–water partition coefficient (Wildman–Crippen LogP) is 5.34. The first-order chi connectivity index (χ1) is 15.3. The molecular formula is C22H23BrCl2N2O5. The summed E-state index contributed by atoms with van der Waals surface area (Å²) in [7, 11) is 1.54. The van der Waals surface area contributed by atoms with Crippen LogP contribution in [0.1, 0.15) is 30.9 Å². The number of nitrogens with one attached hydrogen (secondary N) is 1. The molecule has 0 atom stereocenters. The zero-order valence-electron chi connectivity index (χ0n) is 17.6. The van der Waals surface area contributed by atoms with Gasteiger partial charge in [0.15, 0.2) is 17.3 Å². The van der Waals surface area contributed by atoms with E-state index in [0.29, 0.717) is 44.8 Å². The molecule has 0 aliphatic carbocycles. The van der Waals surface area contributed by atoms with Crippen LogP contribution in [0.4, 0.5) is 0 Å². The maximum absolute atomic E-state index is 12.2. The lowest BCUT2D eigenvalue weighted by molar-refractivity contribution is -0.256. The molecule has 1 N–H and O–H groups in total. The maximum Gasteiger partial charge on any atom is 0.245 e. The normalized spacial score (nSPS) is 15.5. The maximum atomic E-state index is 12.2. The van der Waals surface area contributed by atoms with Crippen LogP contribution in [0.5, 0.6) is 11.5 Å². The van der Waals surface area contributed by atoms with Crippen LogP contribution in [0, 0.1) is 0 Å². The molecule has 7 nitrogen and oxygen atoms in total. The third-order valence-corrected chi connectivity index (χ3v) is 5.80. The molecule has 0 unspecified atom stereocenters. The molecule has 172 valence electrons. The van der Waals surface area contributed by atoms with E-state index in [1.165, 1.54) is 13.3 Å². The summed E-state index contributed by atoms with van der Waals surface area (Å²) < 4.78 is 23.1. The number of halogens is 3. The lowest BCUT2D eigenvalue weighted by Crippen LogP contribution is -2.41. The number of amides is 1. The SMILES string of the molecule is COc1cc(/C=N/NC(=O)CC2(C)OCCCO2)cc(Br)c1OCc1ccc(Cl)cc1Cl. The summed E-state index contributed by atoms with van der Waals surface area (Å²) >= 11 is 15.6. The summed E-state index contributed by atoms with van der Waals surface area (Å²) in [5.74, 6) is -0.222. The van der Waals surface area contributed by atoms with Gasteiger partial charge in [-0.1, -0.05) is 29.3 Å². The van der Waals surface area contributed by atoms with Gasteiger partial charge in [-0.25, -0.2) is 5.43 Å². The lowest BCUT2D eigenvalue weighted by atomic mass is 10.2. The molecule has 1 aliphatic heterocycles. The van der Waals surface area contributed by atoms with Crippen LogP contribution in [-0.2, 0) is 20.9 Å². The molecule has 10 heteroatoms. The van der Waals surface area contributed by atoms with Crippen molar-refractivity contribution in [2.45, 2.75) is 32.2 Å². The highest BCUT2D eigenvalue weighted by atomic mass is 79.9. The van der Waals surface area contributed by atoms with Crippen LogP contribution < -0.4 is 14.9 Å². The summed E-state index contributed by atoms with van der Waals surface area (Å²) in [5, 5.41) is 5.09. The van der Waals surface area contributed by atoms with Crippen LogP contribution in [0.2, 0.25) is 10.0 Å². The Hall–Kier alpha value is -1.84. The number of carbonyl (C=O) groups excluding carboxylic acids is 1. The van der Waals surface area contributed by atoms with Gasteiger partial charge in [-0.2, -0.15) is 5.10 Å². The topological polar surface area (TPSA) is 78.4 Å². The quantitative estimate of drug-likeness (QED) is 0.358. The molecule has 1 fully saturated rings. The number of hydrogen-bond acceptors (Lipinski definition) is 6. The van der Waals surface area contributed by atoms with Crippen LogP contribution in [0.3, 0.4) is 0 Å². The standard InChI is InChI=1S/C22H23BrCl2N2O5/c1-22(31-6-3-7-32-22)11-20(28)27-26-12-14-8-17(23)21(19(9-14)29-2)30-13-15-4-5-16(24)10-18(15)25/h4-5,8-10,12H,3,6-7,11,13H2,1-2H3,(H,27,28)/b26-12+. The Bertz CT molecular complexity index is 997. The van der Waals surface area contributed by atoms with Crippen molar-refractivity contribution in [3.8, 4) is 11.5 Å². The first kappa shape index (κ1) is 24.8. The zero-order valence-corrected chi connectivity index (χ0v) is 20.7. The minimum atomic E-state index is -0.921. The van der Waals surface area contributed by atoms with E-state index in [4.69, 9.17) is 42.1 Å². The molecule has 1 aliphatic rings. The highest BCUT2D eigenvalue weighted by Crippen LogP contribution is 2.37. The summed E-state index contributed by atoms with van der Waals surface area (Å²) in [6.45, 7) is 3.11. The molecule has 0 bridgehead atoms. The van der Waals surface area contributed by atoms with E-state index in [1.54, 1.807) is 37.3 Å².